The van der Waals surface area contributed by atoms with Gasteiger partial charge >= 0.3 is 0 Å². The number of phenols is 1. The fourth-order valence-electron chi connectivity index (χ4n) is 4.09. The van der Waals surface area contributed by atoms with Gasteiger partial charge in [0.05, 0.1) is 17.8 Å². The van der Waals surface area contributed by atoms with E-state index in [4.69, 9.17) is 4.74 Å². The van der Waals surface area contributed by atoms with Crippen LogP contribution >= 0.6 is 0 Å². The highest BCUT2D eigenvalue weighted by Gasteiger charge is 2.34. The lowest BCUT2D eigenvalue weighted by atomic mass is 9.94. The first-order valence-corrected chi connectivity index (χ1v) is 9.94. The summed E-state index contributed by atoms with van der Waals surface area (Å²) in [4.78, 5) is 29.3. The SMILES string of the molecule is CCc1ccc(O)c(C(=O)N2CCC(C(=O)N3CC(C)OC(C)C3)CC2)c1. The molecule has 1 aromatic carbocycles. The van der Waals surface area contributed by atoms with Crippen LogP contribution in [0.3, 0.4) is 0 Å². The molecule has 148 valence electrons. The van der Waals surface area contributed by atoms with E-state index in [1.807, 2.05) is 31.7 Å². The predicted molar refractivity (Wildman–Crippen MR) is 103 cm³/mol. The summed E-state index contributed by atoms with van der Waals surface area (Å²) in [6.45, 7) is 8.37. The lowest BCUT2D eigenvalue weighted by Gasteiger charge is -2.39. The van der Waals surface area contributed by atoms with Gasteiger partial charge in [0.25, 0.3) is 5.91 Å². The van der Waals surface area contributed by atoms with Gasteiger partial charge in [-0.3, -0.25) is 9.59 Å². The Morgan fingerprint density at radius 3 is 2.33 bits per heavy atom. The van der Waals surface area contributed by atoms with Crippen molar-refractivity contribution in [3.8, 4) is 5.75 Å². The van der Waals surface area contributed by atoms with Crippen LogP contribution in [-0.4, -0.2) is 65.1 Å². The third kappa shape index (κ3) is 4.43. The van der Waals surface area contributed by atoms with Gasteiger partial charge in [-0.15, -0.1) is 0 Å². The summed E-state index contributed by atoms with van der Waals surface area (Å²) in [5.74, 6) is 0.0102. The van der Waals surface area contributed by atoms with Gasteiger partial charge in [0, 0.05) is 32.1 Å². The van der Waals surface area contributed by atoms with Gasteiger partial charge in [0.1, 0.15) is 5.75 Å². The molecule has 2 fully saturated rings. The largest absolute Gasteiger partial charge is 0.507 e. The van der Waals surface area contributed by atoms with Crippen molar-refractivity contribution in [2.75, 3.05) is 26.2 Å². The number of aryl methyl sites for hydroxylation is 1. The molecule has 6 heteroatoms. The number of aromatic hydroxyl groups is 1. The Bertz CT molecular complexity index is 687. The highest BCUT2D eigenvalue weighted by Crippen LogP contribution is 2.26. The van der Waals surface area contributed by atoms with E-state index in [0.29, 0.717) is 44.6 Å². The van der Waals surface area contributed by atoms with Crippen molar-refractivity contribution >= 4 is 11.8 Å². The number of amides is 2. The van der Waals surface area contributed by atoms with Gasteiger partial charge in [-0.05, 0) is 50.8 Å². The third-order valence-corrected chi connectivity index (χ3v) is 5.56. The first-order chi connectivity index (χ1) is 12.9. The molecular formula is C21H30N2O4. The summed E-state index contributed by atoms with van der Waals surface area (Å²) in [6, 6.07) is 5.19. The van der Waals surface area contributed by atoms with Crippen LogP contribution in [0.1, 0.15) is 49.5 Å². The summed E-state index contributed by atoms with van der Waals surface area (Å²) in [7, 11) is 0. The molecule has 1 N–H and O–H groups in total. The molecule has 2 amide bonds. The number of likely N-dealkylation sites (tertiary alicyclic amines) is 1. The topological polar surface area (TPSA) is 70.1 Å². The molecule has 2 aliphatic heterocycles. The zero-order valence-corrected chi connectivity index (χ0v) is 16.5. The van der Waals surface area contributed by atoms with Gasteiger partial charge in [-0.2, -0.15) is 0 Å². The van der Waals surface area contributed by atoms with Gasteiger partial charge in [0.15, 0.2) is 0 Å². The summed E-state index contributed by atoms with van der Waals surface area (Å²) < 4.78 is 5.71. The van der Waals surface area contributed by atoms with E-state index in [1.54, 1.807) is 17.0 Å². The van der Waals surface area contributed by atoms with E-state index in [9.17, 15) is 14.7 Å². The average Bonchev–Trinajstić information content (AvgIpc) is 2.66. The maximum atomic E-state index is 12.9. The molecular weight excluding hydrogens is 344 g/mol. The number of ether oxygens (including phenoxy) is 1. The van der Waals surface area contributed by atoms with Crippen molar-refractivity contribution in [2.45, 2.75) is 52.2 Å². The Morgan fingerprint density at radius 1 is 1.11 bits per heavy atom. The van der Waals surface area contributed by atoms with Crippen molar-refractivity contribution in [2.24, 2.45) is 5.92 Å². The van der Waals surface area contributed by atoms with Crippen molar-refractivity contribution in [3.63, 3.8) is 0 Å². The smallest absolute Gasteiger partial charge is 0.257 e. The second kappa shape index (κ2) is 8.30. The minimum Gasteiger partial charge on any atom is -0.507 e. The van der Waals surface area contributed by atoms with E-state index in [0.717, 1.165) is 12.0 Å². The Kier molecular flexibility index (Phi) is 6.05. The number of nitrogens with zero attached hydrogens (tertiary/aromatic N) is 2. The maximum Gasteiger partial charge on any atom is 0.257 e. The molecule has 2 saturated heterocycles. The molecule has 2 atom stereocenters. The molecule has 0 aromatic heterocycles. The molecule has 0 spiro atoms. The molecule has 3 rings (SSSR count). The highest BCUT2D eigenvalue weighted by atomic mass is 16.5. The van der Waals surface area contributed by atoms with Crippen molar-refractivity contribution in [1.29, 1.82) is 0 Å². The summed E-state index contributed by atoms with van der Waals surface area (Å²) in [6.07, 6.45) is 2.27. The quantitative estimate of drug-likeness (QED) is 0.882. The van der Waals surface area contributed by atoms with Crippen LogP contribution < -0.4 is 0 Å². The Labute approximate surface area is 161 Å². The number of carbonyl (C=O) groups is 2. The van der Waals surface area contributed by atoms with E-state index in [-0.39, 0.29) is 35.7 Å². The van der Waals surface area contributed by atoms with E-state index in [2.05, 4.69) is 0 Å². The summed E-state index contributed by atoms with van der Waals surface area (Å²) in [5, 5.41) is 10.1. The lowest BCUT2D eigenvalue weighted by molar-refractivity contribution is -0.148. The van der Waals surface area contributed by atoms with Gasteiger partial charge in [0.2, 0.25) is 5.91 Å². The number of phenolic OH excluding ortho intramolecular Hbond substituents is 1. The van der Waals surface area contributed by atoms with E-state index < -0.39 is 0 Å². The zero-order chi connectivity index (χ0) is 19.6. The number of benzene rings is 1. The monoisotopic (exact) mass is 374 g/mol. The third-order valence-electron chi connectivity index (χ3n) is 5.56. The molecule has 0 bridgehead atoms. The molecule has 27 heavy (non-hydrogen) atoms. The molecule has 6 nitrogen and oxygen atoms in total. The molecule has 0 saturated carbocycles. The molecule has 2 heterocycles. The normalized spacial score (nSPS) is 24.1. The number of rotatable bonds is 3. The predicted octanol–water partition coefficient (Wildman–Crippen LogP) is 2.44. The molecule has 0 radical (unpaired) electrons. The Hall–Kier alpha value is -2.08. The molecule has 2 unspecified atom stereocenters. The molecule has 1 aromatic rings. The fourth-order valence-corrected chi connectivity index (χ4v) is 4.09. The number of morpholine rings is 1. The van der Waals surface area contributed by atoms with Crippen LogP contribution in [0.2, 0.25) is 0 Å². The van der Waals surface area contributed by atoms with Crippen molar-refractivity contribution in [1.82, 2.24) is 9.80 Å². The minimum atomic E-state index is -0.151. The van der Waals surface area contributed by atoms with Crippen LogP contribution in [0.4, 0.5) is 0 Å². The van der Waals surface area contributed by atoms with Crippen LogP contribution in [-0.2, 0) is 16.0 Å². The second-order valence-electron chi connectivity index (χ2n) is 7.77. The Morgan fingerprint density at radius 2 is 1.74 bits per heavy atom. The summed E-state index contributed by atoms with van der Waals surface area (Å²) in [5.41, 5.74) is 1.38. The minimum absolute atomic E-state index is 0.0201. The van der Waals surface area contributed by atoms with Gasteiger partial charge in [-0.25, -0.2) is 0 Å². The number of carbonyl (C=O) groups excluding carboxylic acids is 2. The maximum absolute atomic E-state index is 12.9. The number of piperidine rings is 1. The van der Waals surface area contributed by atoms with E-state index in [1.165, 1.54) is 0 Å². The average molecular weight is 374 g/mol. The fraction of sp³-hybridized carbons (Fsp3) is 0.619. The standard InChI is InChI=1S/C21H30N2O4/c1-4-16-5-6-19(24)18(11-16)21(26)22-9-7-17(8-10-22)20(25)23-12-14(2)27-15(3)13-23/h5-6,11,14-15,17,24H,4,7-10,12-13H2,1-3H3. The first-order valence-electron chi connectivity index (χ1n) is 9.94. The van der Waals surface area contributed by atoms with Crippen LogP contribution in [0.15, 0.2) is 18.2 Å². The van der Waals surface area contributed by atoms with E-state index >= 15 is 0 Å². The lowest BCUT2D eigenvalue weighted by Crippen LogP contribution is -2.51. The van der Waals surface area contributed by atoms with Crippen LogP contribution in [0, 0.1) is 5.92 Å². The molecule has 2 aliphatic rings. The number of hydrogen-bond acceptors (Lipinski definition) is 4. The zero-order valence-electron chi connectivity index (χ0n) is 16.5. The Balaban J connectivity index is 1.60. The highest BCUT2D eigenvalue weighted by molar-refractivity contribution is 5.97. The summed E-state index contributed by atoms with van der Waals surface area (Å²) >= 11 is 0. The van der Waals surface area contributed by atoms with Crippen LogP contribution in [0.25, 0.3) is 0 Å². The number of hydrogen-bond donors (Lipinski definition) is 1. The first kappa shape index (κ1) is 19.7. The van der Waals surface area contributed by atoms with Crippen LogP contribution in [0.5, 0.6) is 5.75 Å². The second-order valence-corrected chi connectivity index (χ2v) is 7.77. The molecule has 0 aliphatic carbocycles. The van der Waals surface area contributed by atoms with Gasteiger partial charge < -0.3 is 19.6 Å². The van der Waals surface area contributed by atoms with Gasteiger partial charge in [-0.1, -0.05) is 13.0 Å². The van der Waals surface area contributed by atoms with Crippen molar-refractivity contribution < 1.29 is 19.4 Å². The van der Waals surface area contributed by atoms with Crippen molar-refractivity contribution in [3.05, 3.63) is 29.3 Å².